The molecule has 0 aliphatic carbocycles. The van der Waals surface area contributed by atoms with Crippen molar-refractivity contribution in [1.82, 2.24) is 4.98 Å². The Morgan fingerprint density at radius 2 is 2.06 bits per heavy atom. The van der Waals surface area contributed by atoms with Crippen molar-refractivity contribution in [1.29, 1.82) is 0 Å². The minimum Gasteiger partial charge on any atom is -0.384 e. The lowest BCUT2D eigenvalue weighted by molar-refractivity contribution is 0.450. The Balaban J connectivity index is 2.29. The Labute approximate surface area is 117 Å². The normalized spacial score (nSPS) is 11.8. The van der Waals surface area contributed by atoms with E-state index in [2.05, 4.69) is 24.1 Å². The van der Waals surface area contributed by atoms with Gasteiger partial charge in [-0.1, -0.05) is 25.4 Å². The van der Waals surface area contributed by atoms with E-state index < -0.39 is 0 Å². The summed E-state index contributed by atoms with van der Waals surface area (Å²) >= 11 is 11.9. The maximum absolute atomic E-state index is 5.97. The van der Waals surface area contributed by atoms with Gasteiger partial charge in [-0.3, -0.25) is 4.98 Å². The van der Waals surface area contributed by atoms with Crippen LogP contribution < -0.4 is 5.32 Å². The fourth-order valence-corrected chi connectivity index (χ4v) is 1.92. The Morgan fingerprint density at radius 1 is 1.28 bits per heavy atom. The number of pyridine rings is 1. The number of aromatic nitrogens is 1. The van der Waals surface area contributed by atoms with E-state index in [1.54, 1.807) is 6.20 Å². The lowest BCUT2D eigenvalue weighted by Gasteiger charge is -2.22. The number of alkyl halides is 1. The first kappa shape index (κ1) is 13.4. The molecular weight excluding hydrogens is 267 g/mol. The smallest absolute Gasteiger partial charge is 0.0737 e. The second-order valence-corrected chi connectivity index (χ2v) is 5.88. The van der Waals surface area contributed by atoms with Crippen LogP contribution in [-0.4, -0.2) is 17.4 Å². The SMILES string of the molecule is CC(C)(CCl)CNc1ccnc2cc(Cl)ccc12. The van der Waals surface area contributed by atoms with Gasteiger partial charge in [-0.15, -0.1) is 11.6 Å². The van der Waals surface area contributed by atoms with Crippen molar-refractivity contribution in [2.45, 2.75) is 13.8 Å². The molecule has 0 saturated carbocycles. The number of anilines is 1. The average Bonchev–Trinajstić information content (AvgIpc) is 2.36. The van der Waals surface area contributed by atoms with Gasteiger partial charge in [0.2, 0.25) is 0 Å². The van der Waals surface area contributed by atoms with E-state index in [0.717, 1.165) is 23.1 Å². The zero-order chi connectivity index (χ0) is 13.2. The molecule has 0 radical (unpaired) electrons. The third kappa shape index (κ3) is 3.06. The molecule has 96 valence electrons. The predicted octanol–water partition coefficient (Wildman–Crippen LogP) is 4.57. The highest BCUT2D eigenvalue weighted by Gasteiger charge is 2.16. The summed E-state index contributed by atoms with van der Waals surface area (Å²) in [5, 5.41) is 5.21. The quantitative estimate of drug-likeness (QED) is 0.832. The van der Waals surface area contributed by atoms with Crippen LogP contribution in [0.25, 0.3) is 10.9 Å². The largest absolute Gasteiger partial charge is 0.384 e. The van der Waals surface area contributed by atoms with Crippen molar-refractivity contribution in [3.63, 3.8) is 0 Å². The van der Waals surface area contributed by atoms with Gasteiger partial charge in [-0.05, 0) is 29.7 Å². The van der Waals surface area contributed by atoms with Crippen LogP contribution in [0.4, 0.5) is 5.69 Å². The molecule has 1 aromatic heterocycles. The van der Waals surface area contributed by atoms with Gasteiger partial charge in [0, 0.05) is 34.7 Å². The molecule has 0 bridgehead atoms. The number of hydrogen-bond donors (Lipinski definition) is 1. The van der Waals surface area contributed by atoms with Crippen LogP contribution in [0.3, 0.4) is 0 Å². The van der Waals surface area contributed by atoms with Gasteiger partial charge in [-0.25, -0.2) is 0 Å². The fourth-order valence-electron chi connectivity index (χ4n) is 1.66. The molecule has 0 saturated heterocycles. The molecule has 0 unspecified atom stereocenters. The van der Waals surface area contributed by atoms with E-state index in [1.165, 1.54) is 0 Å². The molecule has 1 heterocycles. The lowest BCUT2D eigenvalue weighted by atomic mass is 9.96. The van der Waals surface area contributed by atoms with Crippen LogP contribution >= 0.6 is 23.2 Å². The Hall–Kier alpha value is -0.990. The molecule has 4 heteroatoms. The highest BCUT2D eigenvalue weighted by molar-refractivity contribution is 6.31. The van der Waals surface area contributed by atoms with Gasteiger partial charge < -0.3 is 5.32 Å². The van der Waals surface area contributed by atoms with E-state index >= 15 is 0 Å². The zero-order valence-corrected chi connectivity index (χ0v) is 12.0. The fraction of sp³-hybridized carbons (Fsp3) is 0.357. The van der Waals surface area contributed by atoms with Gasteiger partial charge in [0.15, 0.2) is 0 Å². The first-order valence-electron chi connectivity index (χ1n) is 5.86. The molecule has 1 N–H and O–H groups in total. The molecule has 2 nitrogen and oxygen atoms in total. The highest BCUT2D eigenvalue weighted by Crippen LogP contribution is 2.26. The van der Waals surface area contributed by atoms with Crippen molar-refractivity contribution in [2.24, 2.45) is 5.41 Å². The van der Waals surface area contributed by atoms with Gasteiger partial charge in [-0.2, -0.15) is 0 Å². The van der Waals surface area contributed by atoms with Crippen LogP contribution in [-0.2, 0) is 0 Å². The van der Waals surface area contributed by atoms with E-state index in [4.69, 9.17) is 23.2 Å². The second-order valence-electron chi connectivity index (χ2n) is 5.17. The standard InChI is InChI=1S/C14H16Cl2N2/c1-14(2,8-15)9-18-12-5-6-17-13-7-10(16)3-4-11(12)13/h3-7H,8-9H2,1-2H3,(H,17,18). The molecule has 0 amide bonds. The molecule has 0 atom stereocenters. The Bertz CT molecular complexity index is 552. The molecule has 1 aromatic carbocycles. The number of hydrogen-bond acceptors (Lipinski definition) is 2. The Kier molecular flexibility index (Phi) is 3.98. The molecule has 0 spiro atoms. The van der Waals surface area contributed by atoms with Gasteiger partial charge in [0.05, 0.1) is 5.52 Å². The maximum atomic E-state index is 5.97. The van der Waals surface area contributed by atoms with Gasteiger partial charge >= 0.3 is 0 Å². The molecule has 0 fully saturated rings. The third-order valence-electron chi connectivity index (χ3n) is 2.82. The van der Waals surface area contributed by atoms with E-state index in [-0.39, 0.29) is 5.41 Å². The lowest BCUT2D eigenvalue weighted by Crippen LogP contribution is -2.24. The summed E-state index contributed by atoms with van der Waals surface area (Å²) in [6.45, 7) is 5.08. The predicted molar refractivity (Wildman–Crippen MR) is 79.7 cm³/mol. The van der Waals surface area contributed by atoms with Crippen LogP contribution in [0, 0.1) is 5.41 Å². The van der Waals surface area contributed by atoms with Crippen LogP contribution in [0.1, 0.15) is 13.8 Å². The summed E-state index contributed by atoms with van der Waals surface area (Å²) in [6, 6.07) is 7.71. The van der Waals surface area contributed by atoms with Crippen molar-refractivity contribution in [3.8, 4) is 0 Å². The summed E-state index contributed by atoms with van der Waals surface area (Å²) < 4.78 is 0. The first-order valence-corrected chi connectivity index (χ1v) is 6.77. The van der Waals surface area contributed by atoms with Gasteiger partial charge in [0.1, 0.15) is 0 Å². The highest BCUT2D eigenvalue weighted by atomic mass is 35.5. The average molecular weight is 283 g/mol. The van der Waals surface area contributed by atoms with Crippen molar-refractivity contribution in [2.75, 3.05) is 17.7 Å². The monoisotopic (exact) mass is 282 g/mol. The minimum absolute atomic E-state index is 0.0591. The van der Waals surface area contributed by atoms with Crippen molar-refractivity contribution < 1.29 is 0 Å². The van der Waals surface area contributed by atoms with Crippen LogP contribution in [0.2, 0.25) is 5.02 Å². The molecule has 2 aromatic rings. The molecule has 0 aliphatic heterocycles. The number of rotatable bonds is 4. The minimum atomic E-state index is 0.0591. The summed E-state index contributed by atoms with van der Waals surface area (Å²) in [5.74, 6) is 0.620. The number of nitrogens with one attached hydrogen (secondary N) is 1. The Morgan fingerprint density at radius 3 is 2.78 bits per heavy atom. The second kappa shape index (κ2) is 5.33. The topological polar surface area (TPSA) is 24.9 Å². The molecule has 2 rings (SSSR count). The van der Waals surface area contributed by atoms with E-state index in [0.29, 0.717) is 10.9 Å². The number of fused-ring (bicyclic) bond motifs is 1. The number of halogens is 2. The van der Waals surface area contributed by atoms with Gasteiger partial charge in [0.25, 0.3) is 0 Å². The summed E-state index contributed by atoms with van der Waals surface area (Å²) in [4.78, 5) is 4.32. The number of benzene rings is 1. The maximum Gasteiger partial charge on any atom is 0.0737 e. The van der Waals surface area contributed by atoms with Crippen LogP contribution in [0.5, 0.6) is 0 Å². The molecule has 18 heavy (non-hydrogen) atoms. The number of nitrogens with zero attached hydrogens (tertiary/aromatic N) is 1. The zero-order valence-electron chi connectivity index (χ0n) is 10.5. The summed E-state index contributed by atoms with van der Waals surface area (Å²) in [7, 11) is 0. The summed E-state index contributed by atoms with van der Waals surface area (Å²) in [6.07, 6.45) is 1.79. The summed E-state index contributed by atoms with van der Waals surface area (Å²) in [5.41, 5.74) is 2.02. The third-order valence-corrected chi connectivity index (χ3v) is 3.78. The first-order chi connectivity index (χ1) is 8.52. The van der Waals surface area contributed by atoms with E-state index in [9.17, 15) is 0 Å². The van der Waals surface area contributed by atoms with Crippen molar-refractivity contribution in [3.05, 3.63) is 35.5 Å². The molecular formula is C14H16Cl2N2. The van der Waals surface area contributed by atoms with Crippen LogP contribution in [0.15, 0.2) is 30.5 Å². The molecule has 0 aliphatic rings. The van der Waals surface area contributed by atoms with E-state index in [1.807, 2.05) is 24.3 Å². The van der Waals surface area contributed by atoms with Crippen molar-refractivity contribution >= 4 is 39.8 Å².